The first-order chi connectivity index (χ1) is 49.8. The fourth-order valence-electron chi connectivity index (χ4n) is 11.5. The summed E-state index contributed by atoms with van der Waals surface area (Å²) < 4.78 is 0. The number of likely N-dealkylation sites (tertiary alicyclic amines) is 1. The SMILES string of the molecule is CC(C)[C@@H]1NC(=O)[C@@H](NC(=O)[C@H](Cc2ccc(O)cc2)NC(=O)[C@@H]2CCCN2C(=O)C[C@H](C)N)CSSC[C@H](C(N)=O)NC(=O)[C@H](CCC(=O)O)NC(=O)[C@H](Cc2c[nH]c3ccccc23)NC(=O)[C@H](CCC(N)=O)NC(=O)CCNC(=O)[C@H](CCCNC(=N)N)NC(=O)[C@H](Cc2ccc(O)cc2)NC1=O. The molecule has 6 rings (SSSR count). The largest absolute Gasteiger partial charge is 0.508 e. The monoisotopic (exact) mass is 1500 g/mol. The first-order valence-corrected chi connectivity index (χ1v) is 36.6. The van der Waals surface area contributed by atoms with E-state index in [0.717, 1.165) is 21.6 Å². The van der Waals surface area contributed by atoms with Gasteiger partial charge in [0.2, 0.25) is 76.8 Å². The number of fused-ring (bicyclic) bond motifs is 1. The lowest BCUT2D eigenvalue weighted by Crippen LogP contribution is -2.61. The van der Waals surface area contributed by atoms with Gasteiger partial charge in [-0.05, 0) is 98.4 Å². The van der Waals surface area contributed by atoms with Crippen LogP contribution in [0.5, 0.6) is 11.5 Å². The quantitative estimate of drug-likeness (QED) is 0.0145. The molecule has 11 atom stereocenters. The third-order valence-corrected chi connectivity index (χ3v) is 19.5. The fraction of sp³-hybridized carbons (Fsp3) is 0.485. The van der Waals surface area contributed by atoms with Crippen LogP contribution in [0.4, 0.5) is 0 Å². The molecular weight excluding hydrogens is 1400 g/mol. The zero-order valence-corrected chi connectivity index (χ0v) is 59.9. The predicted molar refractivity (Wildman–Crippen MR) is 387 cm³/mol. The number of rotatable bonds is 24. The number of phenols is 2. The van der Waals surface area contributed by atoms with E-state index < -0.39 is 211 Å². The molecule has 37 heteroatoms. The highest BCUT2D eigenvalue weighted by molar-refractivity contribution is 8.76. The second-order valence-corrected chi connectivity index (χ2v) is 28.5. The number of aromatic hydroxyl groups is 2. The number of aromatic amines is 1. The summed E-state index contributed by atoms with van der Waals surface area (Å²) in [6.07, 6.45) is -1.43. The number of nitrogens with two attached hydrogens (primary N) is 4. The highest BCUT2D eigenvalue weighted by Crippen LogP contribution is 2.26. The number of aliphatic carboxylic acids is 1. The molecule has 0 unspecified atom stereocenters. The highest BCUT2D eigenvalue weighted by Gasteiger charge is 2.39. The Morgan fingerprint density at radius 1 is 0.667 bits per heavy atom. The highest BCUT2D eigenvalue weighted by atomic mass is 33.1. The fourth-order valence-corrected chi connectivity index (χ4v) is 13.8. The van der Waals surface area contributed by atoms with E-state index in [1.54, 1.807) is 51.2 Å². The van der Waals surface area contributed by atoms with Crippen molar-refractivity contribution in [1.82, 2.24) is 68.4 Å². The van der Waals surface area contributed by atoms with Crippen LogP contribution in [0.1, 0.15) is 102 Å². The molecule has 13 amide bonds. The second-order valence-electron chi connectivity index (χ2n) is 25.9. The Morgan fingerprint density at radius 3 is 1.88 bits per heavy atom. The molecule has 2 fully saturated rings. The Kier molecular flexibility index (Phi) is 32.5. The Balaban J connectivity index is 1.41. The second kappa shape index (κ2) is 41.0. The molecule has 0 radical (unpaired) electrons. The van der Waals surface area contributed by atoms with Crippen molar-refractivity contribution in [3.05, 3.63) is 95.7 Å². The minimum absolute atomic E-state index is 0.0389. The number of benzene rings is 3. The molecule has 3 aromatic carbocycles. The van der Waals surface area contributed by atoms with Gasteiger partial charge in [-0.2, -0.15) is 0 Å². The summed E-state index contributed by atoms with van der Waals surface area (Å²) in [6.45, 7) is 4.57. The van der Waals surface area contributed by atoms with E-state index in [2.05, 4.69) is 63.5 Å². The number of carboxylic acids is 1. The number of carbonyl (C=O) groups is 14. The average molecular weight is 1500 g/mol. The van der Waals surface area contributed by atoms with Crippen molar-refractivity contribution in [3.8, 4) is 11.5 Å². The van der Waals surface area contributed by atoms with Crippen LogP contribution in [0.25, 0.3) is 10.9 Å². The lowest BCUT2D eigenvalue weighted by molar-refractivity contribution is -0.140. The summed E-state index contributed by atoms with van der Waals surface area (Å²) in [5.74, 6) is -15.6. The van der Waals surface area contributed by atoms with Gasteiger partial charge >= 0.3 is 5.97 Å². The van der Waals surface area contributed by atoms with Gasteiger partial charge in [-0.15, -0.1) is 0 Å². The number of phenolic OH excluding ortho intramolecular Hbond substituents is 2. The molecule has 0 bridgehead atoms. The number of amides is 13. The third-order valence-electron chi connectivity index (χ3n) is 17.1. The number of guanidine groups is 1. The smallest absolute Gasteiger partial charge is 0.303 e. The van der Waals surface area contributed by atoms with Gasteiger partial charge in [-0.25, -0.2) is 0 Å². The predicted octanol–water partition coefficient (Wildman–Crippen LogP) is -2.87. The van der Waals surface area contributed by atoms with E-state index in [0.29, 0.717) is 34.0 Å². The van der Waals surface area contributed by atoms with Gasteiger partial charge in [0.05, 0.1) is 0 Å². The summed E-state index contributed by atoms with van der Waals surface area (Å²) in [4.78, 5) is 201. The van der Waals surface area contributed by atoms with Crippen molar-refractivity contribution >= 4 is 121 Å². The first kappa shape index (κ1) is 83.3. The minimum Gasteiger partial charge on any atom is -0.508 e. The molecule has 24 N–H and O–H groups in total. The van der Waals surface area contributed by atoms with Crippen LogP contribution < -0.4 is 81.4 Å². The first-order valence-electron chi connectivity index (χ1n) is 34.1. The maximum absolute atomic E-state index is 15.0. The van der Waals surface area contributed by atoms with E-state index in [1.807, 2.05) is 0 Å². The summed E-state index contributed by atoms with van der Waals surface area (Å²) in [6, 6.07) is 2.36. The molecule has 2 aliphatic heterocycles. The number of primary amides is 2. The van der Waals surface area contributed by atoms with E-state index in [4.69, 9.17) is 28.3 Å². The van der Waals surface area contributed by atoms with Crippen molar-refractivity contribution < 1.29 is 82.4 Å². The molecule has 4 aromatic rings. The molecule has 0 spiro atoms. The van der Waals surface area contributed by atoms with E-state index in [9.17, 15) is 77.6 Å². The molecule has 570 valence electrons. The van der Waals surface area contributed by atoms with Crippen LogP contribution in [0, 0.1) is 11.3 Å². The number of hydrogen-bond donors (Lipinski definition) is 20. The maximum Gasteiger partial charge on any atom is 0.303 e. The van der Waals surface area contributed by atoms with E-state index in [-0.39, 0.29) is 69.5 Å². The molecule has 2 aliphatic rings. The summed E-state index contributed by atoms with van der Waals surface area (Å²) >= 11 is 0. The third kappa shape index (κ3) is 27.1. The molecule has 2 saturated heterocycles. The lowest BCUT2D eigenvalue weighted by atomic mass is 10.00. The molecule has 0 aliphatic carbocycles. The van der Waals surface area contributed by atoms with Crippen LogP contribution in [-0.4, -0.2) is 212 Å². The summed E-state index contributed by atoms with van der Waals surface area (Å²) in [5.41, 5.74) is 24.7. The Labute approximate surface area is 612 Å². The Bertz CT molecular complexity index is 3770. The van der Waals surface area contributed by atoms with Crippen molar-refractivity contribution in [2.24, 2.45) is 28.9 Å². The van der Waals surface area contributed by atoms with Crippen LogP contribution in [0.2, 0.25) is 0 Å². The summed E-state index contributed by atoms with van der Waals surface area (Å²) in [7, 11) is 1.69. The van der Waals surface area contributed by atoms with Gasteiger partial charge in [0.1, 0.15) is 71.9 Å². The minimum atomic E-state index is -1.75. The van der Waals surface area contributed by atoms with Crippen molar-refractivity contribution in [3.63, 3.8) is 0 Å². The van der Waals surface area contributed by atoms with Crippen molar-refractivity contribution in [2.45, 2.75) is 171 Å². The molecular formula is C68H94N18O17S2. The number of carboxylic acid groups (broad SMARTS) is 1. The van der Waals surface area contributed by atoms with E-state index in [1.165, 1.54) is 53.4 Å². The standard InChI is InChI=1S/C68H94N18O17S2/c1-35(2)57-67(103)82-48(30-38-14-18-41(88)19-15-38)62(98)78-44(10-6-25-75-68(72)73)59(95)74-26-24-54(90)77-45(20-22-53(70)89)60(96)80-49(31-39-32-76-43-9-5-4-8-42(39)43)64(100)79-46(21-23-56(92)93)61(97)83-50(58(71)94)33-104-105-34-51(65(101)85-57)84-63(99)47(29-37-12-16-40(87)17-13-37)81-66(102)52-11-7-27-86(52)55(91)28-36(3)69/h4-5,8-9,12-19,32,35-36,44-52,57,76,87-88H,6-7,10-11,20-31,33-34,69H2,1-3H3,(H2,70,89)(H2,71,94)(H,74,95)(H,77,90)(H,78,98)(H,79,100)(H,80,96)(H,81,102)(H,82,103)(H,83,97)(H,84,99)(H,85,101)(H,92,93)(H4,72,73,75)/t36-,44-,45-,46-,47-,48-,49-,50+,51-,52-,57-/m0/s1. The van der Waals surface area contributed by atoms with Gasteiger partial charge in [0.25, 0.3) is 0 Å². The van der Waals surface area contributed by atoms with Gasteiger partial charge in [-0.3, -0.25) is 72.5 Å². The molecule has 35 nitrogen and oxygen atoms in total. The molecule has 3 heterocycles. The zero-order valence-electron chi connectivity index (χ0n) is 58.3. The molecule has 1 aromatic heterocycles. The molecule has 0 saturated carbocycles. The van der Waals surface area contributed by atoms with Crippen LogP contribution in [0.3, 0.4) is 0 Å². The number of para-hydroxylation sites is 1. The topological polar surface area (TPSA) is 579 Å². The number of H-pyrrole nitrogens is 1. The number of nitrogens with zero attached hydrogens (tertiary/aromatic N) is 1. The van der Waals surface area contributed by atoms with Gasteiger partial charge in [0.15, 0.2) is 5.96 Å². The van der Waals surface area contributed by atoms with Gasteiger partial charge in [-0.1, -0.05) is 77.9 Å². The maximum atomic E-state index is 15.0. The van der Waals surface area contributed by atoms with Crippen LogP contribution in [0.15, 0.2) is 79.0 Å². The van der Waals surface area contributed by atoms with E-state index >= 15 is 4.79 Å². The van der Waals surface area contributed by atoms with Crippen LogP contribution in [-0.2, 0) is 86.4 Å². The average Bonchev–Trinajstić information content (AvgIpc) is 1.59. The number of hydrogen-bond acceptors (Lipinski definition) is 20. The Morgan fingerprint density at radius 2 is 1.25 bits per heavy atom. The Hall–Kier alpha value is -10.7. The van der Waals surface area contributed by atoms with Crippen molar-refractivity contribution in [1.29, 1.82) is 5.41 Å². The van der Waals surface area contributed by atoms with Gasteiger partial charge < -0.3 is 107 Å². The van der Waals surface area contributed by atoms with Crippen LogP contribution >= 0.6 is 21.6 Å². The van der Waals surface area contributed by atoms with Crippen molar-refractivity contribution in [2.75, 3.05) is 31.1 Å². The normalized spacial score (nSPS) is 22.4. The zero-order chi connectivity index (χ0) is 77.0. The summed E-state index contributed by atoms with van der Waals surface area (Å²) in [5, 5.41) is 67.1. The molecule has 105 heavy (non-hydrogen) atoms. The lowest BCUT2D eigenvalue weighted by Gasteiger charge is -2.29. The number of aromatic nitrogens is 1. The number of carbonyl (C=O) groups excluding carboxylic acids is 13. The van der Waals surface area contributed by atoms with Gasteiger partial charge in [0, 0.05) is 99.2 Å². The number of nitrogens with one attached hydrogen (secondary N) is 13.